The summed E-state index contributed by atoms with van der Waals surface area (Å²) in [4.78, 5) is 13.4. The fourth-order valence-electron chi connectivity index (χ4n) is 13.8. The van der Waals surface area contributed by atoms with Crippen LogP contribution >= 0.6 is 0 Å². The highest BCUT2D eigenvalue weighted by atomic mass is 16.7. The largest absolute Gasteiger partial charge is 0.394 e. The number of amides is 1. The molecule has 2 aliphatic rings. The lowest BCUT2D eigenvalue weighted by molar-refractivity contribution is -0.359. The Labute approximate surface area is 630 Å². The number of aliphatic hydroxyl groups is 8. The second-order valence-electron chi connectivity index (χ2n) is 29.9. The van der Waals surface area contributed by atoms with Gasteiger partial charge in [-0.2, -0.15) is 0 Å². The van der Waals surface area contributed by atoms with Gasteiger partial charge in [0.25, 0.3) is 0 Å². The van der Waals surface area contributed by atoms with Crippen molar-refractivity contribution >= 4 is 5.91 Å². The molecule has 2 rings (SSSR count). The molecule has 598 valence electrons. The van der Waals surface area contributed by atoms with Gasteiger partial charge in [0, 0.05) is 6.42 Å². The number of rotatable bonds is 72. The lowest BCUT2D eigenvalue weighted by Gasteiger charge is -2.46. The molecular formula is C89H159NO13. The smallest absolute Gasteiger partial charge is 0.220 e. The minimum Gasteiger partial charge on any atom is -0.394 e. The van der Waals surface area contributed by atoms with Gasteiger partial charge in [-0.05, 0) is 89.9 Å². The monoisotopic (exact) mass is 1450 g/mol. The van der Waals surface area contributed by atoms with Crippen LogP contribution in [0, 0.1) is 0 Å². The highest BCUT2D eigenvalue weighted by Crippen LogP contribution is 2.30. The molecule has 0 saturated carbocycles. The highest BCUT2D eigenvalue weighted by molar-refractivity contribution is 5.76. The predicted octanol–water partition coefficient (Wildman–Crippen LogP) is 20.4. The van der Waals surface area contributed by atoms with Crippen LogP contribution in [0.4, 0.5) is 0 Å². The van der Waals surface area contributed by atoms with Crippen LogP contribution in [0.3, 0.4) is 0 Å². The number of hydrogen-bond acceptors (Lipinski definition) is 13. The molecule has 0 spiro atoms. The van der Waals surface area contributed by atoms with Crippen molar-refractivity contribution in [2.24, 2.45) is 0 Å². The van der Waals surface area contributed by atoms with E-state index < -0.39 is 86.8 Å². The average molecular weight is 1450 g/mol. The van der Waals surface area contributed by atoms with Gasteiger partial charge in [-0.25, -0.2) is 0 Å². The van der Waals surface area contributed by atoms with Gasteiger partial charge in [0.05, 0.1) is 32.0 Å². The number of nitrogens with one attached hydrogen (secondary N) is 1. The predicted molar refractivity (Wildman–Crippen MR) is 429 cm³/mol. The lowest BCUT2D eigenvalue weighted by atomic mass is 9.97. The number of unbranched alkanes of at least 4 members (excludes halogenated alkanes) is 45. The van der Waals surface area contributed by atoms with Crippen LogP contribution in [-0.4, -0.2) is 140 Å². The molecule has 2 fully saturated rings. The minimum atomic E-state index is -1.80. The van der Waals surface area contributed by atoms with Crippen LogP contribution in [0.1, 0.15) is 367 Å². The topological polar surface area (TPSA) is 228 Å². The Balaban J connectivity index is 1.60. The van der Waals surface area contributed by atoms with E-state index >= 15 is 0 Å². The summed E-state index contributed by atoms with van der Waals surface area (Å²) in [5, 5.41) is 87.8. The van der Waals surface area contributed by atoms with Gasteiger partial charge in [-0.15, -0.1) is 0 Å². The first-order chi connectivity index (χ1) is 50.6. The van der Waals surface area contributed by atoms with E-state index in [9.17, 15) is 45.6 Å². The summed E-state index contributed by atoms with van der Waals surface area (Å²) in [5.74, 6) is -0.249. The summed E-state index contributed by atoms with van der Waals surface area (Å²) in [7, 11) is 0. The fraction of sp³-hybridized carbons (Fsp3) is 0.809. The maximum atomic E-state index is 13.4. The molecule has 2 heterocycles. The van der Waals surface area contributed by atoms with Gasteiger partial charge in [0.15, 0.2) is 12.6 Å². The molecule has 0 aliphatic carbocycles. The quantitative estimate of drug-likeness (QED) is 0.0204. The van der Waals surface area contributed by atoms with Crippen molar-refractivity contribution in [3.8, 4) is 0 Å². The molecule has 2 saturated heterocycles. The van der Waals surface area contributed by atoms with Crippen molar-refractivity contribution in [2.75, 3.05) is 19.8 Å². The van der Waals surface area contributed by atoms with Crippen molar-refractivity contribution in [3.05, 3.63) is 97.2 Å². The Kier molecular flexibility index (Phi) is 66.9. The summed E-state index contributed by atoms with van der Waals surface area (Å²) in [6, 6.07) is -0.944. The van der Waals surface area contributed by atoms with E-state index in [1.807, 2.05) is 6.08 Å². The fourth-order valence-corrected chi connectivity index (χ4v) is 13.8. The van der Waals surface area contributed by atoms with Crippen LogP contribution in [0.5, 0.6) is 0 Å². The summed E-state index contributed by atoms with van der Waals surface area (Å²) < 4.78 is 22.9. The number of allylic oxidation sites excluding steroid dienone is 15. The molecule has 12 atom stereocenters. The molecule has 2 aliphatic heterocycles. The van der Waals surface area contributed by atoms with Gasteiger partial charge in [-0.1, -0.05) is 368 Å². The van der Waals surface area contributed by atoms with Crippen molar-refractivity contribution in [2.45, 2.75) is 441 Å². The van der Waals surface area contributed by atoms with Crippen LogP contribution in [0.15, 0.2) is 97.2 Å². The highest BCUT2D eigenvalue weighted by Gasteiger charge is 2.51. The summed E-state index contributed by atoms with van der Waals surface area (Å²) in [6.07, 6.45) is 86.6. The third kappa shape index (κ3) is 54.2. The van der Waals surface area contributed by atoms with E-state index in [1.54, 1.807) is 6.08 Å². The lowest BCUT2D eigenvalue weighted by Crippen LogP contribution is -2.65. The zero-order valence-electron chi connectivity index (χ0n) is 65.8. The molecule has 9 N–H and O–H groups in total. The van der Waals surface area contributed by atoms with E-state index in [1.165, 1.54) is 257 Å². The van der Waals surface area contributed by atoms with Gasteiger partial charge < -0.3 is 65.1 Å². The summed E-state index contributed by atoms with van der Waals surface area (Å²) in [6.45, 7) is 2.71. The second kappa shape index (κ2) is 71.8. The molecule has 0 radical (unpaired) electrons. The van der Waals surface area contributed by atoms with Crippen molar-refractivity contribution in [1.29, 1.82) is 0 Å². The maximum Gasteiger partial charge on any atom is 0.220 e. The Morgan fingerprint density at radius 3 is 1.07 bits per heavy atom. The zero-order chi connectivity index (χ0) is 74.4. The number of carbonyl (C=O) groups is 1. The van der Waals surface area contributed by atoms with Crippen molar-refractivity contribution in [3.63, 3.8) is 0 Å². The Hall–Kier alpha value is -3.09. The van der Waals surface area contributed by atoms with Crippen LogP contribution < -0.4 is 5.32 Å². The molecule has 12 unspecified atom stereocenters. The van der Waals surface area contributed by atoms with E-state index in [0.29, 0.717) is 12.8 Å². The Morgan fingerprint density at radius 1 is 0.359 bits per heavy atom. The number of hydrogen-bond donors (Lipinski definition) is 9. The molecule has 1 amide bonds. The first-order valence-electron chi connectivity index (χ1n) is 43.0. The van der Waals surface area contributed by atoms with Gasteiger partial charge >= 0.3 is 0 Å². The summed E-state index contributed by atoms with van der Waals surface area (Å²) >= 11 is 0. The third-order valence-electron chi connectivity index (χ3n) is 20.5. The standard InChI is InChI=1S/C89H159NO13/c1-3-5-7-9-11-13-15-17-19-21-23-25-27-29-31-33-35-37-38-39-40-41-43-45-47-49-51-53-55-57-59-61-63-65-67-69-71-73-81(94)90-77(76-100-88-86(99)84(97)87(80(75-92)102-88)103-89-85(98)83(96)82(95)79(74-91)101-89)78(93)72-70-68-66-64-62-60-58-56-54-52-50-48-46-44-42-36-34-32-30-28-26-24-22-20-18-16-14-12-10-8-6-4-2/h5,7,11,13,17,19,23,25,29,31,54,56,62,64,70,72,77-80,82-89,91-93,95-99H,3-4,6,8-10,12,14-16,18,20-22,24,26-28,30,32-53,55,57-61,63,65-69,71,73-76H2,1-2H3,(H,90,94)/b7-5-,13-11-,19-17-,25-23-,31-29-,56-54+,64-62+,72-70+. The maximum absolute atomic E-state index is 13.4. The normalized spacial score (nSPS) is 22.0. The molecule has 0 aromatic heterocycles. The molecular weight excluding hydrogens is 1290 g/mol. The van der Waals surface area contributed by atoms with E-state index in [2.05, 4.69) is 104 Å². The molecule has 0 aromatic carbocycles. The van der Waals surface area contributed by atoms with Gasteiger partial charge in [0.1, 0.15) is 48.8 Å². The van der Waals surface area contributed by atoms with Gasteiger partial charge in [0.2, 0.25) is 5.91 Å². The Bertz CT molecular complexity index is 2110. The number of aliphatic hydroxyl groups excluding tert-OH is 8. The van der Waals surface area contributed by atoms with E-state index in [0.717, 1.165) is 77.0 Å². The van der Waals surface area contributed by atoms with Crippen molar-refractivity contribution in [1.82, 2.24) is 5.32 Å². The second-order valence-corrected chi connectivity index (χ2v) is 29.9. The Morgan fingerprint density at radius 2 is 0.680 bits per heavy atom. The van der Waals surface area contributed by atoms with Crippen LogP contribution in [0.25, 0.3) is 0 Å². The molecule has 0 bridgehead atoms. The van der Waals surface area contributed by atoms with E-state index in [4.69, 9.17) is 18.9 Å². The minimum absolute atomic E-state index is 0.249. The van der Waals surface area contributed by atoms with E-state index in [-0.39, 0.29) is 18.9 Å². The molecule has 14 nitrogen and oxygen atoms in total. The SMILES string of the molecule is CC/C=C\C/C=C\C/C=C\C/C=C\C/C=C\CCCCCCCCCCCCCCCCCCCCCCCC(=O)NC(COC1OC(CO)C(OC2OC(CO)C(O)C(O)C2O)C(O)C1O)C(O)/C=C/CC/C=C/CC/C=C/CCCCCCCCCCCCCCCCCCCCCCCC. The molecule has 103 heavy (non-hydrogen) atoms. The van der Waals surface area contributed by atoms with Crippen LogP contribution in [-0.2, 0) is 23.7 Å². The molecule has 14 heteroatoms. The van der Waals surface area contributed by atoms with Crippen LogP contribution in [0.2, 0.25) is 0 Å². The zero-order valence-corrected chi connectivity index (χ0v) is 65.8. The number of ether oxygens (including phenoxy) is 4. The summed E-state index contributed by atoms with van der Waals surface area (Å²) in [5.41, 5.74) is 0. The number of carbonyl (C=O) groups excluding carboxylic acids is 1. The van der Waals surface area contributed by atoms with Crippen molar-refractivity contribution < 1.29 is 64.6 Å². The first kappa shape index (κ1) is 96.0. The van der Waals surface area contributed by atoms with Gasteiger partial charge in [-0.3, -0.25) is 4.79 Å². The third-order valence-corrected chi connectivity index (χ3v) is 20.5. The average Bonchev–Trinajstić information content (AvgIpc) is 0.791. The molecule has 0 aromatic rings. The first-order valence-corrected chi connectivity index (χ1v) is 43.0.